The summed E-state index contributed by atoms with van der Waals surface area (Å²) in [4.78, 5) is 12.6. The molecule has 1 fully saturated rings. The van der Waals surface area contributed by atoms with E-state index in [2.05, 4.69) is 5.32 Å². The highest BCUT2D eigenvalue weighted by molar-refractivity contribution is 7.17. The zero-order chi connectivity index (χ0) is 13.7. The number of hydrogen-bond acceptors (Lipinski definition) is 4. The number of aliphatic hydroxyl groups is 1. The van der Waals surface area contributed by atoms with Gasteiger partial charge in [-0.3, -0.25) is 4.79 Å². The lowest BCUT2D eigenvalue weighted by molar-refractivity contribution is -0.119. The first-order chi connectivity index (χ1) is 9.07. The normalized spacial score (nSPS) is 18.6. The van der Waals surface area contributed by atoms with Crippen molar-refractivity contribution in [1.29, 1.82) is 0 Å². The summed E-state index contributed by atoms with van der Waals surface area (Å²) in [6, 6.07) is 3.64. The summed E-state index contributed by atoms with van der Waals surface area (Å²) in [6.45, 7) is 1.33. The van der Waals surface area contributed by atoms with Gasteiger partial charge in [0.1, 0.15) is 0 Å². The van der Waals surface area contributed by atoms with E-state index < -0.39 is 5.60 Å². The number of carbonyl (C=O) groups excluding carboxylic acids is 1. The Hall–Kier alpha value is -0.880. The van der Waals surface area contributed by atoms with Gasteiger partial charge in [0, 0.05) is 43.6 Å². The SMILES string of the molecule is O=C(/C=C/c1ccc(Cl)s1)NCC1(O)CCOCC1. The van der Waals surface area contributed by atoms with Gasteiger partial charge in [0.2, 0.25) is 5.91 Å². The van der Waals surface area contributed by atoms with E-state index in [0.29, 0.717) is 30.4 Å². The highest BCUT2D eigenvalue weighted by atomic mass is 35.5. The van der Waals surface area contributed by atoms with Crippen LogP contribution in [0.1, 0.15) is 17.7 Å². The fourth-order valence-corrected chi connectivity index (χ4v) is 2.78. The fraction of sp³-hybridized carbons (Fsp3) is 0.462. The molecule has 104 valence electrons. The molecule has 0 bridgehead atoms. The molecule has 1 aliphatic rings. The van der Waals surface area contributed by atoms with Crippen molar-refractivity contribution < 1.29 is 14.6 Å². The number of halogens is 1. The third-order valence-electron chi connectivity index (χ3n) is 3.01. The second kappa shape index (κ2) is 6.52. The number of ether oxygens (including phenoxy) is 1. The Morgan fingerprint density at radius 2 is 2.26 bits per heavy atom. The summed E-state index contributed by atoms with van der Waals surface area (Å²) in [5, 5.41) is 12.9. The molecule has 0 radical (unpaired) electrons. The van der Waals surface area contributed by atoms with Gasteiger partial charge >= 0.3 is 0 Å². The molecular weight excluding hydrogens is 286 g/mol. The third kappa shape index (κ3) is 4.62. The zero-order valence-electron chi connectivity index (χ0n) is 10.4. The van der Waals surface area contributed by atoms with Gasteiger partial charge in [-0.25, -0.2) is 0 Å². The lowest BCUT2D eigenvalue weighted by atomic mass is 9.94. The van der Waals surface area contributed by atoms with Crippen LogP contribution < -0.4 is 5.32 Å². The lowest BCUT2D eigenvalue weighted by Gasteiger charge is -2.31. The molecule has 1 aliphatic heterocycles. The largest absolute Gasteiger partial charge is 0.388 e. The van der Waals surface area contributed by atoms with Crippen molar-refractivity contribution in [3.05, 3.63) is 27.4 Å². The van der Waals surface area contributed by atoms with Crippen LogP contribution in [-0.4, -0.2) is 36.4 Å². The molecule has 1 aromatic heterocycles. The van der Waals surface area contributed by atoms with Gasteiger partial charge in [0.15, 0.2) is 0 Å². The summed E-state index contributed by atoms with van der Waals surface area (Å²) in [5.74, 6) is -0.218. The van der Waals surface area contributed by atoms with Crippen LogP contribution in [0.4, 0.5) is 0 Å². The maximum Gasteiger partial charge on any atom is 0.244 e. The van der Waals surface area contributed by atoms with Gasteiger partial charge in [-0.05, 0) is 18.2 Å². The summed E-state index contributed by atoms with van der Waals surface area (Å²) >= 11 is 7.20. The van der Waals surface area contributed by atoms with Gasteiger partial charge < -0.3 is 15.2 Å². The Morgan fingerprint density at radius 1 is 1.53 bits per heavy atom. The number of carbonyl (C=O) groups is 1. The molecule has 2 rings (SSSR count). The second-order valence-corrected chi connectivity index (χ2v) is 6.28. The Kier molecular flexibility index (Phi) is 4.99. The van der Waals surface area contributed by atoms with E-state index in [1.165, 1.54) is 17.4 Å². The molecule has 19 heavy (non-hydrogen) atoms. The molecule has 0 aliphatic carbocycles. The summed E-state index contributed by atoms with van der Waals surface area (Å²) in [6.07, 6.45) is 4.26. The van der Waals surface area contributed by atoms with Gasteiger partial charge in [0.05, 0.1) is 9.94 Å². The van der Waals surface area contributed by atoms with Crippen LogP contribution in [0.3, 0.4) is 0 Å². The maximum atomic E-state index is 11.6. The van der Waals surface area contributed by atoms with Crippen LogP contribution >= 0.6 is 22.9 Å². The topological polar surface area (TPSA) is 58.6 Å². The third-order valence-corrected chi connectivity index (χ3v) is 4.20. The van der Waals surface area contributed by atoms with Crippen molar-refractivity contribution in [2.45, 2.75) is 18.4 Å². The first-order valence-electron chi connectivity index (χ1n) is 6.09. The average molecular weight is 302 g/mol. The van der Waals surface area contributed by atoms with Gasteiger partial charge in [-0.2, -0.15) is 0 Å². The van der Waals surface area contributed by atoms with Crippen molar-refractivity contribution >= 4 is 34.9 Å². The molecule has 1 saturated heterocycles. The number of hydrogen-bond donors (Lipinski definition) is 2. The predicted octanol–water partition coefficient (Wildman–Crippen LogP) is 2.07. The number of rotatable bonds is 4. The quantitative estimate of drug-likeness (QED) is 0.837. The van der Waals surface area contributed by atoms with Crippen molar-refractivity contribution in [1.82, 2.24) is 5.32 Å². The average Bonchev–Trinajstić information content (AvgIpc) is 2.81. The fourth-order valence-electron chi connectivity index (χ4n) is 1.81. The highest BCUT2D eigenvalue weighted by Crippen LogP contribution is 2.22. The minimum atomic E-state index is -0.839. The molecule has 1 aromatic rings. The minimum absolute atomic E-state index is 0.218. The Bertz CT molecular complexity index is 466. The van der Waals surface area contributed by atoms with Crippen LogP contribution in [0.15, 0.2) is 18.2 Å². The first-order valence-corrected chi connectivity index (χ1v) is 7.28. The van der Waals surface area contributed by atoms with Crippen molar-refractivity contribution in [2.75, 3.05) is 19.8 Å². The number of amides is 1. The molecule has 0 saturated carbocycles. The van der Waals surface area contributed by atoms with Crippen LogP contribution in [0.2, 0.25) is 4.34 Å². The number of nitrogens with one attached hydrogen (secondary N) is 1. The van der Waals surface area contributed by atoms with E-state index in [0.717, 1.165) is 4.88 Å². The minimum Gasteiger partial charge on any atom is -0.388 e. The Balaban J connectivity index is 1.79. The van der Waals surface area contributed by atoms with E-state index in [1.54, 1.807) is 12.1 Å². The monoisotopic (exact) mass is 301 g/mol. The smallest absolute Gasteiger partial charge is 0.244 e. The lowest BCUT2D eigenvalue weighted by Crippen LogP contribution is -2.46. The standard InChI is InChI=1S/C13H16ClNO3S/c14-11-3-1-10(19-11)2-4-12(16)15-9-13(17)5-7-18-8-6-13/h1-4,17H,5-9H2,(H,15,16)/b4-2+. The van der Waals surface area contributed by atoms with E-state index in [-0.39, 0.29) is 12.5 Å². The molecule has 4 nitrogen and oxygen atoms in total. The van der Waals surface area contributed by atoms with Crippen molar-refractivity contribution in [2.24, 2.45) is 0 Å². The van der Waals surface area contributed by atoms with Crippen molar-refractivity contribution in [3.8, 4) is 0 Å². The molecular formula is C13H16ClNO3S. The van der Waals surface area contributed by atoms with Crippen LogP contribution in [-0.2, 0) is 9.53 Å². The van der Waals surface area contributed by atoms with Gasteiger partial charge in [-0.1, -0.05) is 11.6 Å². The van der Waals surface area contributed by atoms with Gasteiger partial charge in [-0.15, -0.1) is 11.3 Å². The zero-order valence-corrected chi connectivity index (χ0v) is 12.0. The second-order valence-electron chi connectivity index (χ2n) is 4.53. The van der Waals surface area contributed by atoms with E-state index in [4.69, 9.17) is 16.3 Å². The molecule has 0 unspecified atom stereocenters. The van der Waals surface area contributed by atoms with E-state index in [1.807, 2.05) is 6.07 Å². The summed E-state index contributed by atoms with van der Waals surface area (Å²) < 4.78 is 5.87. The summed E-state index contributed by atoms with van der Waals surface area (Å²) in [7, 11) is 0. The molecule has 0 atom stereocenters. The van der Waals surface area contributed by atoms with E-state index >= 15 is 0 Å². The number of thiophene rings is 1. The predicted molar refractivity (Wildman–Crippen MR) is 76.4 cm³/mol. The Labute approximate surface area is 121 Å². The van der Waals surface area contributed by atoms with E-state index in [9.17, 15) is 9.90 Å². The van der Waals surface area contributed by atoms with Crippen LogP contribution in [0.25, 0.3) is 6.08 Å². The maximum absolute atomic E-state index is 11.6. The highest BCUT2D eigenvalue weighted by Gasteiger charge is 2.29. The van der Waals surface area contributed by atoms with Crippen LogP contribution in [0.5, 0.6) is 0 Å². The van der Waals surface area contributed by atoms with Gasteiger partial charge in [0.25, 0.3) is 0 Å². The molecule has 1 amide bonds. The molecule has 0 aromatic carbocycles. The molecule has 0 spiro atoms. The van der Waals surface area contributed by atoms with Crippen LogP contribution in [0, 0.1) is 0 Å². The first kappa shape index (κ1) is 14.5. The summed E-state index contributed by atoms with van der Waals surface area (Å²) in [5.41, 5.74) is -0.839. The molecule has 2 N–H and O–H groups in total. The molecule has 6 heteroatoms. The Morgan fingerprint density at radius 3 is 2.89 bits per heavy atom. The molecule has 2 heterocycles. The van der Waals surface area contributed by atoms with Crippen molar-refractivity contribution in [3.63, 3.8) is 0 Å².